The van der Waals surface area contributed by atoms with Crippen molar-refractivity contribution in [1.29, 1.82) is 0 Å². The van der Waals surface area contributed by atoms with E-state index >= 15 is 0 Å². The molecule has 2 heteroatoms. The van der Waals surface area contributed by atoms with E-state index in [9.17, 15) is 0 Å². The summed E-state index contributed by atoms with van der Waals surface area (Å²) in [6, 6.07) is 8.17. The molecule has 0 aliphatic rings. The summed E-state index contributed by atoms with van der Waals surface area (Å²) in [6.07, 6.45) is 1.78. The van der Waals surface area contributed by atoms with Crippen LogP contribution in [0.25, 0.3) is 0 Å². The van der Waals surface area contributed by atoms with E-state index in [2.05, 4.69) is 23.9 Å². The van der Waals surface area contributed by atoms with Crippen molar-refractivity contribution in [3.05, 3.63) is 35.4 Å². The van der Waals surface area contributed by atoms with Gasteiger partial charge in [0.25, 0.3) is 0 Å². The average molecular weight is 194 g/mol. The van der Waals surface area contributed by atoms with E-state index in [-0.39, 0.29) is 0 Å². The van der Waals surface area contributed by atoms with Crippen molar-refractivity contribution in [1.82, 2.24) is 0 Å². The van der Waals surface area contributed by atoms with Gasteiger partial charge in [0.05, 0.1) is 0 Å². The minimum atomic E-state index is -0.577. The van der Waals surface area contributed by atoms with Crippen molar-refractivity contribution in [3.63, 3.8) is 0 Å². The van der Waals surface area contributed by atoms with Crippen LogP contribution in [0.3, 0.4) is 0 Å². The van der Waals surface area contributed by atoms with E-state index in [0.717, 1.165) is 18.4 Å². The molecule has 0 saturated heterocycles. The maximum Gasteiger partial charge on any atom is 0.125 e. The predicted molar refractivity (Wildman–Crippen MR) is 57.2 cm³/mol. The van der Waals surface area contributed by atoms with Gasteiger partial charge in [0.2, 0.25) is 0 Å². The highest BCUT2D eigenvalue weighted by atomic mass is 17.1. The molecule has 78 valence electrons. The van der Waals surface area contributed by atoms with Crippen LogP contribution in [0, 0.1) is 0 Å². The lowest BCUT2D eigenvalue weighted by atomic mass is 9.92. The van der Waals surface area contributed by atoms with E-state index in [4.69, 9.17) is 5.26 Å². The summed E-state index contributed by atoms with van der Waals surface area (Å²) < 4.78 is 0. The van der Waals surface area contributed by atoms with Crippen LogP contribution in [-0.2, 0) is 16.9 Å². The molecular formula is C12H18O2. The van der Waals surface area contributed by atoms with Crippen molar-refractivity contribution in [2.45, 2.75) is 39.2 Å². The Morgan fingerprint density at radius 3 is 2.14 bits per heavy atom. The molecule has 0 aliphatic carbocycles. The van der Waals surface area contributed by atoms with E-state index in [1.165, 1.54) is 5.56 Å². The summed E-state index contributed by atoms with van der Waals surface area (Å²) in [5.41, 5.74) is 1.73. The Morgan fingerprint density at radius 2 is 1.79 bits per heavy atom. The van der Waals surface area contributed by atoms with Gasteiger partial charge in [0.15, 0.2) is 0 Å². The lowest BCUT2D eigenvalue weighted by Crippen LogP contribution is -2.23. The second kappa shape index (κ2) is 4.58. The Bertz CT molecular complexity index is 273. The van der Waals surface area contributed by atoms with Gasteiger partial charge in [-0.2, -0.15) is 0 Å². The van der Waals surface area contributed by atoms with Crippen molar-refractivity contribution in [2.24, 2.45) is 0 Å². The average Bonchev–Trinajstić information content (AvgIpc) is 2.28. The summed E-state index contributed by atoms with van der Waals surface area (Å²) in [6.45, 7) is 5.99. The summed E-state index contributed by atoms with van der Waals surface area (Å²) in [5.74, 6) is 0. The van der Waals surface area contributed by atoms with Gasteiger partial charge in [-0.25, -0.2) is 4.89 Å². The smallest absolute Gasteiger partial charge is 0.125 e. The van der Waals surface area contributed by atoms with Gasteiger partial charge in [-0.15, -0.1) is 0 Å². The van der Waals surface area contributed by atoms with Crippen LogP contribution in [0.15, 0.2) is 24.3 Å². The monoisotopic (exact) mass is 194 g/mol. The van der Waals surface area contributed by atoms with Crippen molar-refractivity contribution in [3.8, 4) is 0 Å². The Morgan fingerprint density at radius 1 is 1.21 bits per heavy atom. The fraction of sp³-hybridized carbons (Fsp3) is 0.500. The van der Waals surface area contributed by atoms with Crippen LogP contribution in [0.4, 0.5) is 0 Å². The zero-order chi connectivity index (χ0) is 10.6. The molecule has 2 nitrogen and oxygen atoms in total. The first kappa shape index (κ1) is 11.2. The maximum atomic E-state index is 8.87. The SMILES string of the molecule is CCc1ccc(C(C)(CC)OO)cc1. The van der Waals surface area contributed by atoms with Crippen LogP contribution >= 0.6 is 0 Å². The van der Waals surface area contributed by atoms with E-state index < -0.39 is 5.60 Å². The summed E-state index contributed by atoms with van der Waals surface area (Å²) in [7, 11) is 0. The molecule has 1 aromatic carbocycles. The quantitative estimate of drug-likeness (QED) is 0.588. The van der Waals surface area contributed by atoms with Gasteiger partial charge >= 0.3 is 0 Å². The zero-order valence-corrected chi connectivity index (χ0v) is 9.08. The van der Waals surface area contributed by atoms with Crippen LogP contribution in [0.1, 0.15) is 38.3 Å². The fourth-order valence-corrected chi connectivity index (χ4v) is 1.41. The van der Waals surface area contributed by atoms with Gasteiger partial charge < -0.3 is 0 Å². The molecule has 1 atom stereocenters. The van der Waals surface area contributed by atoms with Crippen molar-refractivity contribution in [2.75, 3.05) is 0 Å². The summed E-state index contributed by atoms with van der Waals surface area (Å²) >= 11 is 0. The molecule has 0 bridgehead atoms. The highest BCUT2D eigenvalue weighted by Gasteiger charge is 2.25. The van der Waals surface area contributed by atoms with Crippen LogP contribution in [-0.4, -0.2) is 5.26 Å². The molecule has 14 heavy (non-hydrogen) atoms. The normalized spacial score (nSPS) is 15.1. The fourth-order valence-electron chi connectivity index (χ4n) is 1.41. The first-order chi connectivity index (χ1) is 6.66. The molecule has 0 heterocycles. The van der Waals surface area contributed by atoms with Crippen LogP contribution in [0.2, 0.25) is 0 Å². The van der Waals surface area contributed by atoms with E-state index in [1.807, 2.05) is 26.0 Å². The topological polar surface area (TPSA) is 29.5 Å². The van der Waals surface area contributed by atoms with Gasteiger partial charge in [-0.1, -0.05) is 38.1 Å². The zero-order valence-electron chi connectivity index (χ0n) is 9.08. The summed E-state index contributed by atoms with van der Waals surface area (Å²) in [5, 5.41) is 8.87. The van der Waals surface area contributed by atoms with Gasteiger partial charge in [0.1, 0.15) is 5.60 Å². The Hall–Kier alpha value is -0.860. The van der Waals surface area contributed by atoms with Gasteiger partial charge in [-0.05, 0) is 30.9 Å². The summed E-state index contributed by atoms with van der Waals surface area (Å²) in [4.78, 5) is 4.55. The minimum absolute atomic E-state index is 0.577. The molecule has 1 N–H and O–H groups in total. The number of aryl methyl sites for hydroxylation is 1. The van der Waals surface area contributed by atoms with E-state index in [0.29, 0.717) is 0 Å². The predicted octanol–water partition coefficient (Wildman–Crippen LogP) is 3.36. The molecule has 0 spiro atoms. The van der Waals surface area contributed by atoms with E-state index in [1.54, 1.807) is 0 Å². The van der Waals surface area contributed by atoms with Crippen molar-refractivity contribution < 1.29 is 10.1 Å². The first-order valence-corrected chi connectivity index (χ1v) is 5.08. The van der Waals surface area contributed by atoms with Crippen molar-refractivity contribution >= 4 is 0 Å². The van der Waals surface area contributed by atoms with Crippen LogP contribution in [0.5, 0.6) is 0 Å². The number of hydrogen-bond acceptors (Lipinski definition) is 2. The molecule has 0 fully saturated rings. The Labute approximate surface area is 85.5 Å². The highest BCUT2D eigenvalue weighted by molar-refractivity contribution is 5.26. The highest BCUT2D eigenvalue weighted by Crippen LogP contribution is 2.27. The van der Waals surface area contributed by atoms with Gasteiger partial charge in [-0.3, -0.25) is 5.26 Å². The standard InChI is InChI=1S/C12H18O2/c1-4-10-6-8-11(9-7-10)12(3,5-2)14-13/h6-9,13H,4-5H2,1-3H3. The minimum Gasteiger partial charge on any atom is -0.251 e. The molecule has 0 saturated carbocycles. The second-order valence-electron chi connectivity index (χ2n) is 3.73. The molecule has 1 aromatic rings. The lowest BCUT2D eigenvalue weighted by molar-refractivity contribution is -0.324. The maximum absolute atomic E-state index is 8.87. The third kappa shape index (κ3) is 2.14. The largest absolute Gasteiger partial charge is 0.251 e. The third-order valence-corrected chi connectivity index (χ3v) is 2.85. The molecule has 0 aromatic heterocycles. The molecule has 1 unspecified atom stereocenters. The lowest BCUT2D eigenvalue weighted by Gasteiger charge is -2.24. The molecule has 1 rings (SSSR count). The third-order valence-electron chi connectivity index (χ3n) is 2.85. The second-order valence-corrected chi connectivity index (χ2v) is 3.73. The Kier molecular flexibility index (Phi) is 3.67. The first-order valence-electron chi connectivity index (χ1n) is 5.08. The molecule has 0 aliphatic heterocycles. The molecular weight excluding hydrogens is 176 g/mol. The van der Waals surface area contributed by atoms with Crippen LogP contribution < -0.4 is 0 Å². The Balaban J connectivity index is 2.95. The van der Waals surface area contributed by atoms with Gasteiger partial charge in [0, 0.05) is 0 Å². The number of rotatable bonds is 4. The number of benzene rings is 1. The number of hydrogen-bond donors (Lipinski definition) is 1. The molecule has 0 radical (unpaired) electrons. The molecule has 0 amide bonds.